The van der Waals surface area contributed by atoms with Gasteiger partial charge in [0.05, 0.1) is 45.6 Å². The van der Waals surface area contributed by atoms with Gasteiger partial charge in [-0.3, -0.25) is 0 Å². The number of rotatable bonds is 8. The summed E-state index contributed by atoms with van der Waals surface area (Å²) in [6.45, 7) is 18.2. The Morgan fingerprint density at radius 3 is 1.44 bits per heavy atom. The van der Waals surface area contributed by atoms with E-state index in [1.807, 2.05) is 0 Å². The van der Waals surface area contributed by atoms with E-state index in [0.29, 0.717) is 0 Å². The van der Waals surface area contributed by atoms with Crippen molar-refractivity contribution in [1.82, 2.24) is 24.9 Å². The molecule has 0 atom stereocenters. The highest BCUT2D eigenvalue weighted by Gasteiger charge is 2.40. The van der Waals surface area contributed by atoms with Gasteiger partial charge in [-0.25, -0.2) is 15.0 Å². The standard InChI is InChI=1S/C38H47N5/c1-9-22-23(10-2)31-20-32-26(13-5)27(14-6)35(42-32)37-36-28(17-18-39-37)38(15-7,16-8)34(43-36)21-33-25(12-4)24(11-3)30(41-33)19-29(22)40-31/h17-21,39,43H,9-16H2,1-8H3. The Morgan fingerprint density at radius 1 is 0.535 bits per heavy atom. The van der Waals surface area contributed by atoms with Gasteiger partial charge in [0.2, 0.25) is 0 Å². The Morgan fingerprint density at radius 2 is 0.977 bits per heavy atom. The summed E-state index contributed by atoms with van der Waals surface area (Å²) in [5.74, 6) is 0. The first-order chi connectivity index (χ1) is 20.9. The maximum absolute atomic E-state index is 5.40. The minimum atomic E-state index is -0.109. The quantitative estimate of drug-likeness (QED) is 0.330. The Balaban J connectivity index is 1.82. The molecule has 0 aliphatic carbocycles. The number of hydrogen-bond acceptors (Lipinski definition) is 3. The number of H-pyrrole nitrogens is 2. The fourth-order valence-electron chi connectivity index (χ4n) is 8.05. The first kappa shape index (κ1) is 29.3. The van der Waals surface area contributed by atoms with Gasteiger partial charge < -0.3 is 9.97 Å². The number of aromatic nitrogens is 5. The molecule has 0 amide bonds. The average molecular weight is 574 g/mol. The second-order valence-corrected chi connectivity index (χ2v) is 12.0. The topological polar surface area (TPSA) is 70.2 Å². The number of aromatic amines is 2. The van der Waals surface area contributed by atoms with Gasteiger partial charge in [-0.2, -0.15) is 0 Å². The molecular formula is C38H47N5. The second kappa shape index (κ2) is 11.4. The molecule has 6 aliphatic heterocycles. The van der Waals surface area contributed by atoms with Crippen LogP contribution in [0.3, 0.4) is 0 Å². The van der Waals surface area contributed by atoms with E-state index in [9.17, 15) is 0 Å². The molecule has 0 aromatic carbocycles. The van der Waals surface area contributed by atoms with Gasteiger partial charge >= 0.3 is 0 Å². The Bertz CT molecular complexity index is 1750. The Hall–Kier alpha value is -3.73. The molecule has 0 spiro atoms. The zero-order chi connectivity index (χ0) is 30.5. The van der Waals surface area contributed by atoms with Crippen molar-refractivity contribution in [2.45, 2.75) is 112 Å². The van der Waals surface area contributed by atoms with Crippen molar-refractivity contribution in [1.29, 1.82) is 0 Å². The Labute approximate surface area is 257 Å². The summed E-state index contributed by atoms with van der Waals surface area (Å²) in [6.07, 6.45) is 9.79. The fraction of sp³-hybridized carbons (Fsp3) is 0.447. The first-order valence-electron chi connectivity index (χ1n) is 16.7. The van der Waals surface area contributed by atoms with Crippen LogP contribution in [-0.2, 0) is 5.41 Å². The van der Waals surface area contributed by atoms with E-state index in [0.717, 1.165) is 96.9 Å². The smallest absolute Gasteiger partial charge is 0.0928 e. The molecule has 224 valence electrons. The van der Waals surface area contributed by atoms with E-state index in [2.05, 4.69) is 95.8 Å². The lowest BCUT2D eigenvalue weighted by molar-refractivity contribution is 0.481. The van der Waals surface area contributed by atoms with E-state index in [-0.39, 0.29) is 5.41 Å². The van der Waals surface area contributed by atoms with Gasteiger partial charge in [0.15, 0.2) is 0 Å². The highest BCUT2D eigenvalue weighted by atomic mass is 14.9. The van der Waals surface area contributed by atoms with Crippen molar-refractivity contribution in [3.05, 3.63) is 75.9 Å². The third kappa shape index (κ3) is 4.29. The van der Waals surface area contributed by atoms with E-state index in [4.69, 9.17) is 15.0 Å². The molecule has 0 saturated heterocycles. The molecule has 0 aromatic heterocycles. The Kier molecular flexibility index (Phi) is 7.78. The number of allylic oxidation sites excluding steroid dienone is 6. The fourth-order valence-corrected chi connectivity index (χ4v) is 8.05. The summed E-state index contributed by atoms with van der Waals surface area (Å²) in [5.41, 5.74) is 19.1. The lowest BCUT2D eigenvalue weighted by Crippen LogP contribution is -2.24. The van der Waals surface area contributed by atoms with Gasteiger partial charge in [0, 0.05) is 17.3 Å². The van der Waals surface area contributed by atoms with Crippen LogP contribution in [0.25, 0.3) is 44.8 Å². The largest absolute Gasteiger partial charge is 0.358 e. The van der Waals surface area contributed by atoms with Crippen molar-refractivity contribution in [2.24, 2.45) is 0 Å². The molecule has 5 nitrogen and oxygen atoms in total. The number of nitrogens with zero attached hydrogens (tertiary/aromatic N) is 3. The maximum Gasteiger partial charge on any atom is 0.0928 e. The second-order valence-electron chi connectivity index (χ2n) is 12.0. The van der Waals surface area contributed by atoms with Crippen LogP contribution in [0.1, 0.15) is 152 Å². The maximum atomic E-state index is 5.40. The third-order valence-corrected chi connectivity index (χ3v) is 10.3. The molecule has 6 heterocycles. The van der Waals surface area contributed by atoms with E-state index in [1.165, 1.54) is 44.7 Å². The molecule has 6 rings (SSSR count). The highest BCUT2D eigenvalue weighted by molar-refractivity contribution is 5.98. The normalized spacial score (nSPS) is 16.1. The summed E-state index contributed by atoms with van der Waals surface area (Å²) in [6, 6.07) is 9.16. The lowest BCUT2D eigenvalue weighted by Gasteiger charge is -2.28. The van der Waals surface area contributed by atoms with E-state index >= 15 is 0 Å². The van der Waals surface area contributed by atoms with Crippen LogP contribution in [0.2, 0.25) is 0 Å². The summed E-state index contributed by atoms with van der Waals surface area (Å²) >= 11 is 0. The number of pyridine rings is 1. The molecular weight excluding hydrogens is 526 g/mol. The minimum absolute atomic E-state index is 0.109. The lowest BCUT2D eigenvalue weighted by atomic mass is 9.74. The molecule has 0 radical (unpaired) electrons. The van der Waals surface area contributed by atoms with Crippen LogP contribution in [0.5, 0.6) is 0 Å². The number of nitrogens with one attached hydrogen (secondary N) is 2. The molecule has 43 heavy (non-hydrogen) atoms. The van der Waals surface area contributed by atoms with Gasteiger partial charge in [-0.1, -0.05) is 55.4 Å². The first-order valence-corrected chi connectivity index (χ1v) is 16.7. The van der Waals surface area contributed by atoms with Crippen LogP contribution in [-0.4, -0.2) is 24.9 Å². The molecule has 5 heteroatoms. The van der Waals surface area contributed by atoms with Crippen LogP contribution in [0.4, 0.5) is 0 Å². The van der Waals surface area contributed by atoms with Crippen molar-refractivity contribution < 1.29 is 0 Å². The van der Waals surface area contributed by atoms with Crippen LogP contribution >= 0.6 is 0 Å². The summed E-state index contributed by atoms with van der Waals surface area (Å²) < 4.78 is 0. The van der Waals surface area contributed by atoms with Gasteiger partial charge in [-0.15, -0.1) is 0 Å². The highest BCUT2D eigenvalue weighted by Crippen LogP contribution is 2.49. The van der Waals surface area contributed by atoms with Crippen LogP contribution in [0.15, 0.2) is 30.5 Å². The van der Waals surface area contributed by atoms with Gasteiger partial charge in [0.25, 0.3) is 0 Å². The number of hydrogen-bond donors (Lipinski definition) is 2. The van der Waals surface area contributed by atoms with Gasteiger partial charge in [0.1, 0.15) is 0 Å². The van der Waals surface area contributed by atoms with Gasteiger partial charge in [-0.05, 0) is 115 Å². The molecule has 2 N–H and O–H groups in total. The molecule has 0 unspecified atom stereocenters. The molecule has 8 bridgehead atoms. The predicted molar refractivity (Wildman–Crippen MR) is 182 cm³/mol. The zero-order valence-corrected chi connectivity index (χ0v) is 27.4. The van der Waals surface area contributed by atoms with Crippen molar-refractivity contribution in [3.63, 3.8) is 0 Å². The summed E-state index contributed by atoms with van der Waals surface area (Å²) in [7, 11) is 0. The number of fused-ring (bicyclic) bond motifs is 8. The van der Waals surface area contributed by atoms with Crippen molar-refractivity contribution >= 4 is 33.4 Å². The van der Waals surface area contributed by atoms with Crippen molar-refractivity contribution in [3.8, 4) is 11.4 Å². The zero-order valence-electron chi connectivity index (χ0n) is 27.4. The molecule has 6 aliphatic rings. The molecule has 0 saturated carbocycles. The summed E-state index contributed by atoms with van der Waals surface area (Å²) in [5, 5.41) is 0. The van der Waals surface area contributed by atoms with Crippen LogP contribution in [0, 0.1) is 0 Å². The van der Waals surface area contributed by atoms with E-state index in [1.54, 1.807) is 0 Å². The average Bonchev–Trinajstić information content (AvgIpc) is 3.74. The third-order valence-electron chi connectivity index (χ3n) is 10.3. The van der Waals surface area contributed by atoms with Crippen molar-refractivity contribution in [2.75, 3.05) is 0 Å². The molecule has 0 fully saturated rings. The van der Waals surface area contributed by atoms with Crippen LogP contribution < -0.4 is 0 Å². The SMILES string of the molecule is CCC1=C(CC)c2cc3nc(c4[nH]ccc5c-4[nH]c(cc4nc(cc1n2)C(CC)=C4CC)C5(CC)CC)C(CC)=C3CC. The molecule has 0 aromatic rings. The van der Waals surface area contributed by atoms with E-state index < -0.39 is 0 Å². The summed E-state index contributed by atoms with van der Waals surface area (Å²) in [4.78, 5) is 23.7. The monoisotopic (exact) mass is 573 g/mol. The minimum Gasteiger partial charge on any atom is -0.358 e. The predicted octanol–water partition coefficient (Wildman–Crippen LogP) is 10.6.